The predicted molar refractivity (Wildman–Crippen MR) is 164 cm³/mol. The molecule has 4 rings (SSSR count). The molecule has 246 valence electrons. The summed E-state index contributed by atoms with van der Waals surface area (Å²) < 4.78 is 37.8. The van der Waals surface area contributed by atoms with Crippen molar-refractivity contribution >= 4 is 22.0 Å². The number of nitrogens with zero attached hydrogens (tertiary/aromatic N) is 1. The van der Waals surface area contributed by atoms with Gasteiger partial charge < -0.3 is 20.1 Å². The van der Waals surface area contributed by atoms with Crippen molar-refractivity contribution in [2.75, 3.05) is 12.3 Å². The van der Waals surface area contributed by atoms with Crippen LogP contribution in [0.2, 0.25) is 0 Å². The van der Waals surface area contributed by atoms with Gasteiger partial charge in [-0.15, -0.1) is 0 Å². The standard InChI is InChI=1S/C33H55NO8S.Na/c1-19(2)9-8-10-22(30(38)34-15-16-43(39,40)41)28-24-17-26(37)29-31(5)13-12-25(36)20(3)23(31)11-14-32(29,6)33(24,7)18-27(28)42-21(4)35;/h19-20,23-27,29,36-37H,8-18H2,1-7H3,(H,34,38)(H,39,40,41);/q;+1/p-1/b28-22+;/t20-,23-,24-,25+,26+,27-,29-,31-,32-,33-;/m0./s1. The van der Waals surface area contributed by atoms with Gasteiger partial charge in [0.05, 0.1) is 24.5 Å². The molecule has 4 fully saturated rings. The van der Waals surface area contributed by atoms with Crippen LogP contribution in [0.5, 0.6) is 0 Å². The maximum absolute atomic E-state index is 13.7. The van der Waals surface area contributed by atoms with Crippen molar-refractivity contribution in [3.63, 3.8) is 0 Å². The molecule has 0 amide bonds. The van der Waals surface area contributed by atoms with Crippen molar-refractivity contribution < 1.29 is 67.4 Å². The third kappa shape index (κ3) is 7.02. The summed E-state index contributed by atoms with van der Waals surface area (Å²) in [5.41, 5.74) is 0.359. The Labute approximate surface area is 286 Å². The zero-order chi connectivity index (χ0) is 32.1. The monoisotopic (exact) mass is 647 g/mol. The van der Waals surface area contributed by atoms with Crippen LogP contribution in [-0.4, -0.2) is 65.7 Å². The molecule has 0 aliphatic heterocycles. The third-order valence-corrected chi connectivity index (χ3v) is 13.1. The Bertz CT molecular complexity index is 1240. The van der Waals surface area contributed by atoms with Gasteiger partial charge in [-0.25, -0.2) is 0 Å². The molecule has 3 N–H and O–H groups in total. The van der Waals surface area contributed by atoms with Crippen LogP contribution < -0.4 is 34.7 Å². The minimum atomic E-state index is -4.28. The number of hydrogen-bond donors (Lipinski definition) is 3. The van der Waals surface area contributed by atoms with Gasteiger partial charge in [-0.1, -0.05) is 48.0 Å². The normalized spacial score (nSPS) is 41.7. The number of hydrogen-bond acceptors (Lipinski definition) is 8. The van der Waals surface area contributed by atoms with Crippen molar-refractivity contribution in [1.82, 2.24) is 0 Å². The number of fused-ring (bicyclic) bond motifs is 5. The number of carbonyl (C=O) groups is 1. The van der Waals surface area contributed by atoms with Crippen LogP contribution >= 0.6 is 0 Å². The molecule has 4 aliphatic carbocycles. The van der Waals surface area contributed by atoms with Crippen LogP contribution in [0.25, 0.3) is 0 Å². The Morgan fingerprint density at radius 2 is 1.77 bits per heavy atom. The van der Waals surface area contributed by atoms with E-state index in [1.165, 1.54) is 6.92 Å². The molecular weight excluding hydrogens is 593 g/mol. The summed E-state index contributed by atoms with van der Waals surface area (Å²) in [7, 11) is -4.28. The van der Waals surface area contributed by atoms with E-state index in [0.717, 1.165) is 31.3 Å². The van der Waals surface area contributed by atoms with Gasteiger partial charge in [0.1, 0.15) is 6.10 Å². The zero-order valence-corrected chi connectivity index (χ0v) is 31.0. The van der Waals surface area contributed by atoms with Crippen LogP contribution in [0.1, 0.15) is 106 Å². The Kier molecular flexibility index (Phi) is 12.0. The number of ether oxygens (including phenoxy) is 1. The second-order valence-corrected chi connectivity index (χ2v) is 16.9. The van der Waals surface area contributed by atoms with Crippen molar-refractivity contribution in [1.29, 1.82) is 0 Å². The van der Waals surface area contributed by atoms with E-state index in [9.17, 15) is 33.1 Å². The number of aliphatic hydroxyl groups excluding tert-OH is 2. The molecule has 0 radical (unpaired) electrons. The quantitative estimate of drug-likeness (QED) is 0.111. The molecule has 4 saturated carbocycles. The van der Waals surface area contributed by atoms with Gasteiger partial charge in [0.2, 0.25) is 0 Å². The second-order valence-electron chi connectivity index (χ2n) is 15.3. The smallest absolute Gasteiger partial charge is 0.859 e. The van der Waals surface area contributed by atoms with Crippen LogP contribution in [0.15, 0.2) is 16.1 Å². The van der Waals surface area contributed by atoms with Gasteiger partial charge in [0.15, 0.2) is 0 Å². The maximum Gasteiger partial charge on any atom is 1.00 e. The molecule has 11 heteroatoms. The summed E-state index contributed by atoms with van der Waals surface area (Å²) in [6.45, 7) is 14.2. The van der Waals surface area contributed by atoms with E-state index in [4.69, 9.17) is 4.74 Å². The van der Waals surface area contributed by atoms with Gasteiger partial charge in [-0.05, 0) is 114 Å². The Morgan fingerprint density at radius 1 is 1.11 bits per heavy atom. The number of aliphatic hydroxyl groups is 2. The zero-order valence-electron chi connectivity index (χ0n) is 28.1. The summed E-state index contributed by atoms with van der Waals surface area (Å²) in [6.07, 6.45) is 4.77. The second kappa shape index (κ2) is 13.9. The average Bonchev–Trinajstić information content (AvgIpc) is 3.14. The molecule has 0 spiro atoms. The first-order valence-electron chi connectivity index (χ1n) is 16.3. The fourth-order valence-corrected chi connectivity index (χ4v) is 10.7. The van der Waals surface area contributed by atoms with Crippen molar-refractivity contribution in [2.24, 2.45) is 50.8 Å². The van der Waals surface area contributed by atoms with Crippen LogP contribution in [0.3, 0.4) is 0 Å². The summed E-state index contributed by atoms with van der Waals surface area (Å²) >= 11 is 0. The molecule has 0 aromatic carbocycles. The van der Waals surface area contributed by atoms with Gasteiger partial charge in [-0.2, -0.15) is 8.42 Å². The fourth-order valence-electron chi connectivity index (χ4n) is 10.3. The topological polar surface area (TPSA) is 157 Å². The van der Waals surface area contributed by atoms with E-state index in [1.54, 1.807) is 0 Å². The molecule has 10 atom stereocenters. The van der Waals surface area contributed by atoms with Gasteiger partial charge in [0, 0.05) is 6.92 Å². The third-order valence-electron chi connectivity index (χ3n) is 12.4. The first-order valence-corrected chi connectivity index (χ1v) is 17.9. The summed E-state index contributed by atoms with van der Waals surface area (Å²) in [6, 6.07) is 0. The van der Waals surface area contributed by atoms with Crippen LogP contribution in [0, 0.1) is 45.8 Å². The van der Waals surface area contributed by atoms with Crippen molar-refractivity contribution in [2.45, 2.75) is 125 Å². The molecule has 0 saturated heterocycles. The first kappa shape index (κ1) is 38.0. The minimum absolute atomic E-state index is 0. The minimum Gasteiger partial charge on any atom is -0.859 e. The van der Waals surface area contributed by atoms with E-state index in [-0.39, 0.29) is 76.2 Å². The predicted octanol–water partition coefficient (Wildman–Crippen LogP) is 1.31. The Balaban J connectivity index is 0.00000529. The van der Waals surface area contributed by atoms with Crippen molar-refractivity contribution in [3.05, 3.63) is 11.1 Å². The van der Waals surface area contributed by atoms with Gasteiger partial charge in [-0.3, -0.25) is 14.3 Å². The van der Waals surface area contributed by atoms with E-state index in [0.29, 0.717) is 49.5 Å². The summed E-state index contributed by atoms with van der Waals surface area (Å²) in [4.78, 5) is 16.5. The average molecular weight is 648 g/mol. The molecule has 0 heterocycles. The largest absolute Gasteiger partial charge is 1.00 e. The van der Waals surface area contributed by atoms with E-state index in [2.05, 4.69) is 46.5 Å². The number of esters is 1. The van der Waals surface area contributed by atoms with Crippen LogP contribution in [-0.2, 0) is 19.6 Å². The number of aliphatic imine (C=N–C) groups is 1. The SMILES string of the molecule is CC(=O)O[C@H]1C[C@@]2(C)[C@@H](C[C@@H](O)[C@H]3[C@@]4(C)CC[C@@H](O)[C@@H](C)[C@@H]4CC[C@@]32C)/C1=C(/CCCC(C)C)C([O-])=NCCS(=O)(=O)O.[Na+]. The molecular formula is C33H54NNaO8S. The van der Waals surface area contributed by atoms with E-state index in [1.807, 2.05) is 0 Å². The van der Waals surface area contributed by atoms with Gasteiger partial charge in [0.25, 0.3) is 10.1 Å². The van der Waals surface area contributed by atoms with Gasteiger partial charge >= 0.3 is 35.5 Å². The molecule has 0 bridgehead atoms. The number of rotatable bonds is 9. The first-order chi connectivity index (χ1) is 19.9. The molecule has 0 unspecified atom stereocenters. The Hall–Kier alpha value is -0.490. The molecule has 0 aromatic rings. The number of carbonyl (C=O) groups excluding carboxylic acids is 1. The molecule has 9 nitrogen and oxygen atoms in total. The van der Waals surface area contributed by atoms with E-state index < -0.39 is 39.9 Å². The van der Waals surface area contributed by atoms with Crippen LogP contribution in [0.4, 0.5) is 0 Å². The summed E-state index contributed by atoms with van der Waals surface area (Å²) in [5.74, 6) is -0.956. The van der Waals surface area contributed by atoms with Crippen molar-refractivity contribution in [3.8, 4) is 0 Å². The fraction of sp³-hybridized carbons (Fsp3) is 0.879. The molecule has 4 aliphatic rings. The molecule has 44 heavy (non-hydrogen) atoms. The Morgan fingerprint density at radius 3 is 2.36 bits per heavy atom. The maximum atomic E-state index is 13.7. The summed E-state index contributed by atoms with van der Waals surface area (Å²) in [5, 5.41) is 36.5. The van der Waals surface area contributed by atoms with E-state index >= 15 is 0 Å². The molecule has 0 aromatic heterocycles.